The molecule has 2 rings (SSSR count). The lowest BCUT2D eigenvalue weighted by Crippen LogP contribution is -1.92. The molecule has 0 spiro atoms. The fourth-order valence-corrected chi connectivity index (χ4v) is 1.48. The molecule has 0 amide bonds. The second-order valence-electron chi connectivity index (χ2n) is 3.64. The molecule has 0 saturated carbocycles. The molecule has 0 aliphatic rings. The molecule has 3 N–H and O–H groups in total. The number of ether oxygens (including phenoxy) is 1. The van der Waals surface area contributed by atoms with Crippen LogP contribution < -0.4 is 10.5 Å². The number of aromatic nitrogens is 1. The maximum Gasteiger partial charge on any atom is 0.132 e. The van der Waals surface area contributed by atoms with E-state index in [1.807, 2.05) is 24.3 Å². The first-order valence-electron chi connectivity index (χ1n) is 5.37. The van der Waals surface area contributed by atoms with Gasteiger partial charge in [0.1, 0.15) is 17.3 Å². The van der Waals surface area contributed by atoms with E-state index in [2.05, 4.69) is 4.98 Å². The van der Waals surface area contributed by atoms with Crippen molar-refractivity contribution in [1.29, 1.82) is 0 Å². The van der Waals surface area contributed by atoms with Gasteiger partial charge in [-0.05, 0) is 30.2 Å². The normalized spacial score (nSPS) is 10.2. The van der Waals surface area contributed by atoms with E-state index in [1.54, 1.807) is 18.3 Å². The van der Waals surface area contributed by atoms with Gasteiger partial charge in [0.25, 0.3) is 0 Å². The number of hydrogen-bond acceptors (Lipinski definition) is 4. The number of anilines is 1. The first-order chi connectivity index (χ1) is 8.28. The fraction of sp³-hybridized carbons (Fsp3) is 0.154. The van der Waals surface area contributed by atoms with E-state index in [9.17, 15) is 0 Å². The lowest BCUT2D eigenvalue weighted by atomic mass is 10.1. The van der Waals surface area contributed by atoms with Gasteiger partial charge in [-0.15, -0.1) is 0 Å². The molecule has 0 aliphatic carbocycles. The van der Waals surface area contributed by atoms with Crippen molar-refractivity contribution in [2.45, 2.75) is 6.42 Å². The van der Waals surface area contributed by atoms with Crippen molar-refractivity contribution in [3.8, 4) is 11.5 Å². The van der Waals surface area contributed by atoms with Gasteiger partial charge in [-0.1, -0.05) is 12.1 Å². The molecule has 1 aromatic heterocycles. The Morgan fingerprint density at radius 2 is 1.88 bits per heavy atom. The zero-order valence-electron chi connectivity index (χ0n) is 9.34. The van der Waals surface area contributed by atoms with Crippen LogP contribution in [0.5, 0.6) is 11.5 Å². The van der Waals surface area contributed by atoms with Gasteiger partial charge in [0, 0.05) is 18.9 Å². The summed E-state index contributed by atoms with van der Waals surface area (Å²) < 4.78 is 5.61. The topological polar surface area (TPSA) is 68.4 Å². The molecule has 0 saturated heterocycles. The minimum atomic E-state index is 0.154. The van der Waals surface area contributed by atoms with E-state index in [-0.39, 0.29) is 6.61 Å². The molecule has 1 heterocycles. The minimum Gasteiger partial charge on any atom is -0.457 e. The van der Waals surface area contributed by atoms with E-state index in [0.717, 1.165) is 11.3 Å². The second-order valence-corrected chi connectivity index (χ2v) is 3.64. The van der Waals surface area contributed by atoms with Crippen molar-refractivity contribution in [3.05, 3.63) is 48.2 Å². The maximum atomic E-state index is 8.80. The molecule has 17 heavy (non-hydrogen) atoms. The number of nitrogen functional groups attached to an aromatic ring is 1. The molecule has 0 radical (unpaired) electrons. The van der Waals surface area contributed by atoms with E-state index < -0.39 is 0 Å². The summed E-state index contributed by atoms with van der Waals surface area (Å²) in [6.45, 7) is 0.154. The first kappa shape index (κ1) is 11.4. The average Bonchev–Trinajstić information content (AvgIpc) is 2.32. The van der Waals surface area contributed by atoms with Gasteiger partial charge in [-0.25, -0.2) is 4.98 Å². The highest BCUT2D eigenvalue weighted by Crippen LogP contribution is 2.22. The minimum absolute atomic E-state index is 0.154. The van der Waals surface area contributed by atoms with Crippen LogP contribution in [-0.2, 0) is 6.42 Å². The van der Waals surface area contributed by atoms with Crippen LogP contribution >= 0.6 is 0 Å². The number of aliphatic hydroxyl groups excluding tert-OH is 1. The highest BCUT2D eigenvalue weighted by Gasteiger charge is 1.98. The summed E-state index contributed by atoms with van der Waals surface area (Å²) in [4.78, 5) is 3.89. The standard InChI is InChI=1S/C13H14N2O2/c14-13-9-12(5-7-15-13)17-11-3-1-10(2-4-11)6-8-16/h1-5,7,9,16H,6,8H2,(H2,14,15). The van der Waals surface area contributed by atoms with Gasteiger partial charge in [0.2, 0.25) is 0 Å². The molecule has 0 bridgehead atoms. The third-order valence-electron chi connectivity index (χ3n) is 2.31. The average molecular weight is 230 g/mol. The SMILES string of the molecule is Nc1cc(Oc2ccc(CCO)cc2)ccn1. The van der Waals surface area contributed by atoms with Crippen LogP contribution in [0, 0.1) is 0 Å². The highest BCUT2D eigenvalue weighted by atomic mass is 16.5. The molecule has 2 aromatic rings. The van der Waals surface area contributed by atoms with Crippen LogP contribution in [0.2, 0.25) is 0 Å². The zero-order valence-corrected chi connectivity index (χ0v) is 9.34. The number of hydrogen-bond donors (Lipinski definition) is 2. The Kier molecular flexibility index (Phi) is 3.57. The summed E-state index contributed by atoms with van der Waals surface area (Å²) in [7, 11) is 0. The van der Waals surface area contributed by atoms with Gasteiger partial charge in [-0.2, -0.15) is 0 Å². The van der Waals surface area contributed by atoms with Crippen LogP contribution in [0.25, 0.3) is 0 Å². The number of pyridine rings is 1. The molecule has 88 valence electrons. The third-order valence-corrected chi connectivity index (χ3v) is 2.31. The Morgan fingerprint density at radius 3 is 2.53 bits per heavy atom. The Morgan fingerprint density at radius 1 is 1.12 bits per heavy atom. The number of nitrogens with two attached hydrogens (primary N) is 1. The number of rotatable bonds is 4. The van der Waals surface area contributed by atoms with Crippen LogP contribution in [-0.4, -0.2) is 16.7 Å². The number of benzene rings is 1. The quantitative estimate of drug-likeness (QED) is 0.842. The van der Waals surface area contributed by atoms with Crippen LogP contribution in [0.3, 0.4) is 0 Å². The van der Waals surface area contributed by atoms with Crippen molar-refractivity contribution in [2.75, 3.05) is 12.3 Å². The molecular weight excluding hydrogens is 216 g/mol. The Bertz CT molecular complexity index is 483. The van der Waals surface area contributed by atoms with Crippen LogP contribution in [0.4, 0.5) is 5.82 Å². The number of aliphatic hydroxyl groups is 1. The number of nitrogens with zero attached hydrogens (tertiary/aromatic N) is 1. The molecule has 0 aliphatic heterocycles. The van der Waals surface area contributed by atoms with E-state index >= 15 is 0 Å². The van der Waals surface area contributed by atoms with Crippen LogP contribution in [0.1, 0.15) is 5.56 Å². The second kappa shape index (κ2) is 5.32. The molecular formula is C13H14N2O2. The van der Waals surface area contributed by atoms with Crippen molar-refractivity contribution in [2.24, 2.45) is 0 Å². The highest BCUT2D eigenvalue weighted by molar-refractivity contribution is 5.39. The summed E-state index contributed by atoms with van der Waals surface area (Å²) in [5.74, 6) is 1.82. The molecule has 1 aromatic carbocycles. The van der Waals surface area contributed by atoms with Gasteiger partial charge in [-0.3, -0.25) is 0 Å². The Hall–Kier alpha value is -2.07. The van der Waals surface area contributed by atoms with Gasteiger partial charge < -0.3 is 15.6 Å². The summed E-state index contributed by atoms with van der Waals surface area (Å²) in [6.07, 6.45) is 2.26. The molecule has 0 unspecified atom stereocenters. The monoisotopic (exact) mass is 230 g/mol. The van der Waals surface area contributed by atoms with Crippen molar-refractivity contribution < 1.29 is 9.84 Å². The molecule has 0 atom stereocenters. The molecule has 4 nitrogen and oxygen atoms in total. The summed E-state index contributed by atoms with van der Waals surface area (Å²) >= 11 is 0. The summed E-state index contributed by atoms with van der Waals surface area (Å²) in [5, 5.41) is 8.80. The van der Waals surface area contributed by atoms with E-state index in [1.165, 1.54) is 0 Å². The molecule has 0 fully saturated rings. The van der Waals surface area contributed by atoms with Gasteiger partial charge in [0.15, 0.2) is 0 Å². The molecule has 4 heteroatoms. The van der Waals surface area contributed by atoms with Crippen molar-refractivity contribution >= 4 is 5.82 Å². The lowest BCUT2D eigenvalue weighted by Gasteiger charge is -2.06. The largest absolute Gasteiger partial charge is 0.457 e. The predicted octanol–water partition coefficient (Wildman–Crippen LogP) is 1.99. The van der Waals surface area contributed by atoms with Crippen molar-refractivity contribution in [3.63, 3.8) is 0 Å². The summed E-state index contributed by atoms with van der Waals surface area (Å²) in [6, 6.07) is 11.0. The first-order valence-corrected chi connectivity index (χ1v) is 5.37. The third kappa shape index (κ3) is 3.19. The Balaban J connectivity index is 2.08. The van der Waals surface area contributed by atoms with Gasteiger partial charge >= 0.3 is 0 Å². The van der Waals surface area contributed by atoms with E-state index in [0.29, 0.717) is 18.0 Å². The Labute approximate surface area is 99.7 Å². The summed E-state index contributed by atoms with van der Waals surface area (Å²) in [5.41, 5.74) is 6.63. The van der Waals surface area contributed by atoms with Gasteiger partial charge in [0.05, 0.1) is 0 Å². The van der Waals surface area contributed by atoms with E-state index in [4.69, 9.17) is 15.6 Å². The predicted molar refractivity (Wildman–Crippen MR) is 66.0 cm³/mol. The van der Waals surface area contributed by atoms with Crippen molar-refractivity contribution in [1.82, 2.24) is 4.98 Å². The zero-order chi connectivity index (χ0) is 12.1. The maximum absolute atomic E-state index is 8.80. The van der Waals surface area contributed by atoms with Crippen LogP contribution in [0.15, 0.2) is 42.6 Å². The fourth-order valence-electron chi connectivity index (χ4n) is 1.48. The lowest BCUT2D eigenvalue weighted by molar-refractivity contribution is 0.299. The smallest absolute Gasteiger partial charge is 0.132 e.